The number of Topliss-reactive ketones (excluding diaryl/α,β-unsaturated/α-hetero) is 2. The molecule has 0 atom stereocenters. The van der Waals surface area contributed by atoms with E-state index < -0.39 is 5.92 Å². The number of ketones is 2. The Morgan fingerprint density at radius 1 is 0.778 bits per heavy atom. The molecule has 0 saturated carbocycles. The Labute approximate surface area is 113 Å². The Kier molecular flexibility index (Phi) is 6.25. The van der Waals surface area contributed by atoms with Gasteiger partial charge in [-0.15, -0.1) is 0 Å². The molecule has 0 heterocycles. The third kappa shape index (κ3) is 3.21. The first-order valence-electron chi connectivity index (χ1n) is 7.31. The van der Waals surface area contributed by atoms with Gasteiger partial charge in [-0.25, -0.2) is 0 Å². The molecule has 18 heavy (non-hydrogen) atoms. The van der Waals surface area contributed by atoms with Gasteiger partial charge in [0.1, 0.15) is 11.6 Å². The summed E-state index contributed by atoms with van der Waals surface area (Å²) in [6.45, 7) is 13.9. The zero-order chi connectivity index (χ0) is 14.6. The molecule has 0 aromatic carbocycles. The van der Waals surface area contributed by atoms with Gasteiger partial charge in [-0.3, -0.25) is 9.59 Å². The predicted molar refractivity (Wildman–Crippen MR) is 76.6 cm³/mol. The highest BCUT2D eigenvalue weighted by atomic mass is 16.2. The summed E-state index contributed by atoms with van der Waals surface area (Å²) in [6, 6.07) is 0. The SMILES string of the molecule is CCC(C)(CC)C(=O)C(C)C(=O)C(C)(CC)CC. The van der Waals surface area contributed by atoms with Crippen molar-refractivity contribution in [3.63, 3.8) is 0 Å². The molecule has 0 N–H and O–H groups in total. The molecule has 0 aliphatic carbocycles. The molecule has 0 bridgehead atoms. The van der Waals surface area contributed by atoms with Crippen LogP contribution in [-0.2, 0) is 9.59 Å². The summed E-state index contributed by atoms with van der Waals surface area (Å²) in [7, 11) is 0. The van der Waals surface area contributed by atoms with E-state index in [1.807, 2.05) is 41.5 Å². The van der Waals surface area contributed by atoms with Crippen molar-refractivity contribution in [1.82, 2.24) is 0 Å². The van der Waals surface area contributed by atoms with E-state index >= 15 is 0 Å². The first-order valence-corrected chi connectivity index (χ1v) is 7.31. The first kappa shape index (κ1) is 17.3. The summed E-state index contributed by atoms with van der Waals surface area (Å²) in [5.41, 5.74) is -0.699. The van der Waals surface area contributed by atoms with Crippen LogP contribution in [0, 0.1) is 16.7 Å². The van der Waals surface area contributed by atoms with Crippen molar-refractivity contribution in [2.45, 2.75) is 74.1 Å². The maximum atomic E-state index is 12.5. The minimum Gasteiger partial charge on any atom is -0.298 e. The van der Waals surface area contributed by atoms with Crippen LogP contribution in [0.3, 0.4) is 0 Å². The third-order valence-corrected chi connectivity index (χ3v) is 5.10. The van der Waals surface area contributed by atoms with E-state index in [9.17, 15) is 9.59 Å². The van der Waals surface area contributed by atoms with Crippen molar-refractivity contribution in [1.29, 1.82) is 0 Å². The van der Waals surface area contributed by atoms with Crippen LogP contribution in [0.5, 0.6) is 0 Å². The lowest BCUT2D eigenvalue weighted by Gasteiger charge is -2.33. The molecule has 0 radical (unpaired) electrons. The molecule has 0 unspecified atom stereocenters. The predicted octanol–water partition coefficient (Wildman–Crippen LogP) is 4.41. The molecule has 0 aromatic heterocycles. The van der Waals surface area contributed by atoms with E-state index in [2.05, 4.69) is 0 Å². The van der Waals surface area contributed by atoms with Crippen LogP contribution in [0.4, 0.5) is 0 Å². The average molecular weight is 254 g/mol. The topological polar surface area (TPSA) is 34.1 Å². The maximum absolute atomic E-state index is 12.5. The molecule has 0 aliphatic heterocycles. The van der Waals surface area contributed by atoms with E-state index in [1.165, 1.54) is 0 Å². The summed E-state index contributed by atoms with van der Waals surface area (Å²) in [5.74, 6) is -0.240. The Morgan fingerprint density at radius 3 is 1.17 bits per heavy atom. The highest BCUT2D eigenvalue weighted by molar-refractivity contribution is 6.06. The van der Waals surface area contributed by atoms with Crippen molar-refractivity contribution in [2.75, 3.05) is 0 Å². The lowest BCUT2D eigenvalue weighted by atomic mass is 9.69. The molecular formula is C16H30O2. The van der Waals surface area contributed by atoms with Gasteiger partial charge in [0, 0.05) is 10.8 Å². The van der Waals surface area contributed by atoms with E-state index in [1.54, 1.807) is 6.92 Å². The fraction of sp³-hybridized carbons (Fsp3) is 0.875. The molecular weight excluding hydrogens is 224 g/mol. The Hall–Kier alpha value is -0.660. The monoisotopic (exact) mass is 254 g/mol. The van der Waals surface area contributed by atoms with Gasteiger partial charge in [0.25, 0.3) is 0 Å². The minimum atomic E-state index is -0.472. The Morgan fingerprint density at radius 2 is 1.00 bits per heavy atom. The molecule has 0 aliphatic rings. The number of carbonyl (C=O) groups is 2. The highest BCUT2D eigenvalue weighted by Gasteiger charge is 2.41. The largest absolute Gasteiger partial charge is 0.298 e. The van der Waals surface area contributed by atoms with Gasteiger partial charge in [-0.1, -0.05) is 41.5 Å². The summed E-state index contributed by atoms with van der Waals surface area (Å²) in [4.78, 5) is 25.1. The minimum absolute atomic E-state index is 0.116. The van der Waals surface area contributed by atoms with Crippen LogP contribution in [0.1, 0.15) is 74.1 Å². The highest BCUT2D eigenvalue weighted by Crippen LogP contribution is 2.35. The lowest BCUT2D eigenvalue weighted by molar-refractivity contribution is -0.143. The second kappa shape index (κ2) is 6.49. The van der Waals surface area contributed by atoms with Gasteiger partial charge in [0.15, 0.2) is 0 Å². The van der Waals surface area contributed by atoms with Crippen LogP contribution in [0.2, 0.25) is 0 Å². The number of carbonyl (C=O) groups excluding carboxylic acids is 2. The van der Waals surface area contributed by atoms with E-state index in [-0.39, 0.29) is 22.4 Å². The zero-order valence-electron chi connectivity index (χ0n) is 13.2. The van der Waals surface area contributed by atoms with Crippen LogP contribution in [0.15, 0.2) is 0 Å². The average Bonchev–Trinajstić information content (AvgIpc) is 2.42. The van der Waals surface area contributed by atoms with E-state index in [4.69, 9.17) is 0 Å². The first-order chi connectivity index (χ1) is 8.22. The molecule has 106 valence electrons. The summed E-state index contributed by atoms with van der Waals surface area (Å²) in [5, 5.41) is 0. The number of hydrogen-bond donors (Lipinski definition) is 0. The molecule has 2 nitrogen and oxygen atoms in total. The quantitative estimate of drug-likeness (QED) is 0.601. The van der Waals surface area contributed by atoms with Crippen LogP contribution in [0.25, 0.3) is 0 Å². The smallest absolute Gasteiger partial charge is 0.148 e. The number of hydrogen-bond acceptors (Lipinski definition) is 2. The van der Waals surface area contributed by atoms with Crippen molar-refractivity contribution < 1.29 is 9.59 Å². The second-order valence-electron chi connectivity index (χ2n) is 5.99. The summed E-state index contributed by atoms with van der Waals surface area (Å²) >= 11 is 0. The van der Waals surface area contributed by atoms with Gasteiger partial charge < -0.3 is 0 Å². The fourth-order valence-electron chi connectivity index (χ4n) is 2.36. The van der Waals surface area contributed by atoms with Crippen molar-refractivity contribution in [3.8, 4) is 0 Å². The van der Waals surface area contributed by atoms with E-state index in [0.717, 1.165) is 25.7 Å². The van der Waals surface area contributed by atoms with Gasteiger partial charge in [-0.05, 0) is 32.6 Å². The van der Waals surface area contributed by atoms with Gasteiger partial charge >= 0.3 is 0 Å². The van der Waals surface area contributed by atoms with Crippen molar-refractivity contribution in [2.24, 2.45) is 16.7 Å². The molecule has 2 heteroatoms. The molecule has 0 saturated heterocycles. The summed E-state index contributed by atoms with van der Waals surface area (Å²) in [6.07, 6.45) is 3.20. The van der Waals surface area contributed by atoms with Crippen LogP contribution in [-0.4, -0.2) is 11.6 Å². The normalized spacial score (nSPS) is 12.9. The van der Waals surface area contributed by atoms with Gasteiger partial charge in [0.05, 0.1) is 5.92 Å². The van der Waals surface area contributed by atoms with Gasteiger partial charge in [0.2, 0.25) is 0 Å². The lowest BCUT2D eigenvalue weighted by Crippen LogP contribution is -2.41. The summed E-state index contributed by atoms with van der Waals surface area (Å²) < 4.78 is 0. The Balaban J connectivity index is 5.12. The molecule has 0 amide bonds. The second-order valence-corrected chi connectivity index (χ2v) is 5.99. The Bertz CT molecular complexity index is 266. The molecule has 0 fully saturated rings. The number of rotatable bonds is 8. The molecule has 0 spiro atoms. The fourth-order valence-corrected chi connectivity index (χ4v) is 2.36. The van der Waals surface area contributed by atoms with Crippen LogP contribution >= 0.6 is 0 Å². The molecule has 0 rings (SSSR count). The third-order valence-electron chi connectivity index (χ3n) is 5.10. The van der Waals surface area contributed by atoms with Crippen molar-refractivity contribution in [3.05, 3.63) is 0 Å². The molecule has 0 aromatic rings. The zero-order valence-corrected chi connectivity index (χ0v) is 13.2. The van der Waals surface area contributed by atoms with E-state index in [0.29, 0.717) is 0 Å². The van der Waals surface area contributed by atoms with Crippen LogP contribution < -0.4 is 0 Å². The standard InChI is InChI=1S/C16H30O2/c1-8-15(6,9-2)13(17)12(5)14(18)16(7,10-3)11-4/h12H,8-11H2,1-7H3. The maximum Gasteiger partial charge on any atom is 0.148 e. The van der Waals surface area contributed by atoms with Crippen molar-refractivity contribution >= 4 is 11.6 Å². The van der Waals surface area contributed by atoms with Gasteiger partial charge in [-0.2, -0.15) is 0 Å².